The summed E-state index contributed by atoms with van der Waals surface area (Å²) in [7, 11) is -5.46. The molecule has 0 amide bonds. The number of benzene rings is 2. The topological polar surface area (TPSA) is 63.6 Å². The minimum atomic E-state index is -4.02. The summed E-state index contributed by atoms with van der Waals surface area (Å²) in [5.41, 5.74) is 2.38. The van der Waals surface area contributed by atoms with Crippen LogP contribution in [0.25, 0.3) is 0 Å². The van der Waals surface area contributed by atoms with Gasteiger partial charge in [-0.2, -0.15) is 8.42 Å². The first-order valence-corrected chi connectivity index (χ1v) is 16.0. The van der Waals surface area contributed by atoms with E-state index >= 15 is 0 Å². The smallest absolute Gasteiger partial charge is 0.294 e. The Bertz CT molecular complexity index is 814. The van der Waals surface area contributed by atoms with Crippen molar-refractivity contribution in [3.63, 3.8) is 0 Å². The lowest BCUT2D eigenvalue weighted by Crippen LogP contribution is -2.40. The molecule has 0 bridgehead atoms. The molecule has 2 rings (SSSR count). The molecule has 2 aromatic carbocycles. The Morgan fingerprint density at radius 3 is 1.93 bits per heavy atom. The highest BCUT2D eigenvalue weighted by atomic mass is 127. The van der Waals surface area contributed by atoms with Crippen LogP contribution in [0.15, 0.2) is 59.5 Å². The van der Waals surface area contributed by atoms with Crippen LogP contribution in [-0.4, -0.2) is 31.8 Å². The van der Waals surface area contributed by atoms with Crippen molar-refractivity contribution < 1.29 is 17.4 Å². The fourth-order valence-corrected chi connectivity index (χ4v) is 7.55. The molecule has 0 aliphatic carbocycles. The van der Waals surface area contributed by atoms with Crippen LogP contribution in [0.4, 0.5) is 0 Å². The number of hydrogen-bond donors (Lipinski definition) is 1. The largest absolute Gasteiger partial charge is 0.413 e. The van der Waals surface area contributed by atoms with Crippen molar-refractivity contribution in [3.8, 4) is 0 Å². The van der Waals surface area contributed by atoms with Gasteiger partial charge in [-0.05, 0) is 55.6 Å². The van der Waals surface area contributed by atoms with Gasteiger partial charge in [-0.25, -0.2) is 0 Å². The SMILES string of the molecule is CC[Si](CC)(CC)OC(CI)CCc1ccccc1.Cc1ccc(S(=O)(=O)O)cc1. The summed E-state index contributed by atoms with van der Waals surface area (Å²) in [6.45, 7) is 8.76. The third kappa shape index (κ3) is 9.59. The number of aryl methyl sites for hydroxylation is 2. The third-order valence-electron chi connectivity index (χ3n) is 5.44. The highest BCUT2D eigenvalue weighted by molar-refractivity contribution is 14.1. The highest BCUT2D eigenvalue weighted by Gasteiger charge is 2.31. The van der Waals surface area contributed by atoms with E-state index in [4.69, 9.17) is 8.98 Å². The van der Waals surface area contributed by atoms with Crippen molar-refractivity contribution >= 4 is 41.0 Å². The van der Waals surface area contributed by atoms with Crippen LogP contribution in [0, 0.1) is 6.92 Å². The van der Waals surface area contributed by atoms with Crippen molar-refractivity contribution in [2.24, 2.45) is 0 Å². The van der Waals surface area contributed by atoms with E-state index in [0.29, 0.717) is 6.10 Å². The van der Waals surface area contributed by atoms with Gasteiger partial charge in [-0.3, -0.25) is 4.55 Å². The summed E-state index contributed by atoms with van der Waals surface area (Å²) >= 11 is 2.48. The molecular weight excluding hydrogens is 527 g/mol. The van der Waals surface area contributed by atoms with Gasteiger partial charge in [0.15, 0.2) is 8.32 Å². The zero-order chi connectivity index (χ0) is 22.6. The molecule has 1 N–H and O–H groups in total. The van der Waals surface area contributed by atoms with Crippen molar-refractivity contribution in [1.29, 1.82) is 0 Å². The molecule has 1 unspecified atom stereocenters. The maximum absolute atomic E-state index is 10.5. The fraction of sp³-hybridized carbons (Fsp3) is 0.478. The normalized spacial score (nSPS) is 12.7. The first-order chi connectivity index (χ1) is 14.2. The lowest BCUT2D eigenvalue weighted by molar-refractivity contribution is 0.203. The molecular formula is C23H35IO4SSi. The van der Waals surface area contributed by atoms with Gasteiger partial charge in [-0.1, -0.05) is 91.4 Å². The summed E-state index contributed by atoms with van der Waals surface area (Å²) in [6.07, 6.45) is 2.73. The Kier molecular flexibility index (Phi) is 12.4. The molecule has 30 heavy (non-hydrogen) atoms. The average molecular weight is 563 g/mol. The van der Waals surface area contributed by atoms with Crippen LogP contribution in [0.3, 0.4) is 0 Å². The Balaban J connectivity index is 0.000000346. The molecule has 168 valence electrons. The summed E-state index contributed by atoms with van der Waals surface area (Å²) in [5.74, 6) is 0. The molecule has 0 saturated heterocycles. The van der Waals surface area contributed by atoms with E-state index in [0.717, 1.165) is 22.8 Å². The van der Waals surface area contributed by atoms with E-state index in [1.54, 1.807) is 12.1 Å². The van der Waals surface area contributed by atoms with Crippen LogP contribution in [0.5, 0.6) is 0 Å². The van der Waals surface area contributed by atoms with E-state index in [1.165, 1.54) is 35.8 Å². The van der Waals surface area contributed by atoms with Gasteiger partial charge >= 0.3 is 0 Å². The van der Waals surface area contributed by atoms with Crippen molar-refractivity contribution in [3.05, 3.63) is 65.7 Å². The van der Waals surface area contributed by atoms with Gasteiger partial charge in [0.05, 0.1) is 11.0 Å². The third-order valence-corrected chi connectivity index (χ3v) is 12.0. The second-order valence-electron chi connectivity index (χ2n) is 7.45. The minimum Gasteiger partial charge on any atom is -0.413 e. The Morgan fingerprint density at radius 2 is 1.50 bits per heavy atom. The van der Waals surface area contributed by atoms with Crippen LogP contribution in [0.1, 0.15) is 38.3 Å². The summed E-state index contributed by atoms with van der Waals surface area (Å²) in [6, 6.07) is 20.5. The van der Waals surface area contributed by atoms with Gasteiger partial charge in [-0.15, -0.1) is 0 Å². The molecule has 0 heterocycles. The van der Waals surface area contributed by atoms with Crippen molar-refractivity contribution in [2.45, 2.75) is 69.7 Å². The maximum atomic E-state index is 10.5. The van der Waals surface area contributed by atoms with Crippen LogP contribution < -0.4 is 0 Å². The van der Waals surface area contributed by atoms with Gasteiger partial charge < -0.3 is 4.43 Å². The molecule has 0 radical (unpaired) electrons. The first-order valence-electron chi connectivity index (χ1n) is 10.5. The first kappa shape index (κ1) is 27.3. The molecule has 0 aliphatic heterocycles. The fourth-order valence-electron chi connectivity index (χ4n) is 3.20. The molecule has 0 aromatic heterocycles. The Hall–Kier alpha value is -0.743. The van der Waals surface area contributed by atoms with E-state index in [-0.39, 0.29) is 4.90 Å². The van der Waals surface area contributed by atoms with Crippen LogP contribution in [-0.2, 0) is 21.0 Å². The molecule has 2 aromatic rings. The van der Waals surface area contributed by atoms with Gasteiger partial charge in [0.1, 0.15) is 0 Å². The molecule has 0 spiro atoms. The van der Waals surface area contributed by atoms with Crippen LogP contribution in [0.2, 0.25) is 18.1 Å². The molecule has 4 nitrogen and oxygen atoms in total. The highest BCUT2D eigenvalue weighted by Crippen LogP contribution is 2.25. The monoisotopic (exact) mass is 562 g/mol. The van der Waals surface area contributed by atoms with Crippen molar-refractivity contribution in [2.75, 3.05) is 4.43 Å². The lowest BCUT2D eigenvalue weighted by atomic mass is 10.1. The number of rotatable bonds is 10. The lowest BCUT2D eigenvalue weighted by Gasteiger charge is -2.32. The Labute approximate surface area is 197 Å². The van der Waals surface area contributed by atoms with E-state index < -0.39 is 18.4 Å². The van der Waals surface area contributed by atoms with Crippen molar-refractivity contribution in [1.82, 2.24) is 0 Å². The predicted molar refractivity (Wildman–Crippen MR) is 137 cm³/mol. The second-order valence-corrected chi connectivity index (χ2v) is 14.5. The molecule has 0 saturated carbocycles. The minimum absolute atomic E-state index is 0.0666. The predicted octanol–water partition coefficient (Wildman–Crippen LogP) is 6.69. The van der Waals surface area contributed by atoms with E-state index in [9.17, 15) is 8.42 Å². The number of alkyl halides is 1. The zero-order valence-corrected chi connectivity index (χ0v) is 22.4. The standard InChI is InChI=1S/C16H27IOSi.C7H8O3S/c1-4-19(5-2,6-3)18-16(14-17)13-12-15-10-8-7-9-11-15;1-6-2-4-7(5-3-6)11(8,9)10/h7-11,16H,4-6,12-14H2,1-3H3;2-5H,1H3,(H,8,9,10). The average Bonchev–Trinajstić information content (AvgIpc) is 2.75. The molecule has 1 atom stereocenters. The molecule has 7 heteroatoms. The summed E-state index contributed by atoms with van der Waals surface area (Å²) < 4.78 is 37.3. The zero-order valence-electron chi connectivity index (χ0n) is 18.5. The van der Waals surface area contributed by atoms with E-state index in [1.807, 2.05) is 6.92 Å². The summed E-state index contributed by atoms with van der Waals surface area (Å²) in [4.78, 5) is -0.0666. The number of hydrogen-bond acceptors (Lipinski definition) is 3. The van der Waals surface area contributed by atoms with Gasteiger partial charge in [0.2, 0.25) is 0 Å². The van der Waals surface area contributed by atoms with Crippen LogP contribution >= 0.6 is 22.6 Å². The quantitative estimate of drug-likeness (QED) is 0.152. The van der Waals surface area contributed by atoms with E-state index in [2.05, 4.69) is 73.7 Å². The molecule has 0 fully saturated rings. The maximum Gasteiger partial charge on any atom is 0.294 e. The second kappa shape index (κ2) is 13.6. The number of halogens is 1. The van der Waals surface area contributed by atoms with Gasteiger partial charge in [0.25, 0.3) is 10.1 Å². The molecule has 0 aliphatic rings. The Morgan fingerprint density at radius 1 is 0.967 bits per heavy atom. The summed E-state index contributed by atoms with van der Waals surface area (Å²) in [5, 5.41) is 0. The van der Waals surface area contributed by atoms with Gasteiger partial charge in [0, 0.05) is 4.43 Å².